The largest absolute Gasteiger partial charge is 0.307 e. The maximum Gasteiger partial charge on any atom is 0.111 e. The first-order valence-corrected chi connectivity index (χ1v) is 13.5. The van der Waals surface area contributed by atoms with Gasteiger partial charge in [0, 0.05) is 27.2 Å². The van der Waals surface area contributed by atoms with Crippen molar-refractivity contribution in [1.29, 1.82) is 0 Å². The van der Waals surface area contributed by atoms with E-state index in [4.69, 9.17) is 4.99 Å². The Kier molecular flexibility index (Phi) is 4.98. The molecular formula is C37H25N3. The van der Waals surface area contributed by atoms with Gasteiger partial charge in [-0.05, 0) is 60.3 Å². The van der Waals surface area contributed by atoms with Gasteiger partial charge in [-0.3, -0.25) is 4.99 Å². The molecule has 0 spiro atoms. The summed E-state index contributed by atoms with van der Waals surface area (Å²) in [5, 5.41) is 4.81. The molecule has 0 saturated heterocycles. The highest BCUT2D eigenvalue weighted by Gasteiger charge is 2.21. The zero-order valence-corrected chi connectivity index (χ0v) is 21.8. The first-order valence-electron chi connectivity index (χ1n) is 13.5. The fourth-order valence-corrected chi connectivity index (χ4v) is 6.25. The van der Waals surface area contributed by atoms with Crippen LogP contribution in [0.15, 0.2) is 145 Å². The molecule has 0 fully saturated rings. The third-order valence-corrected chi connectivity index (χ3v) is 8.00. The molecule has 0 atom stereocenters. The molecule has 3 heteroatoms. The van der Waals surface area contributed by atoms with Crippen molar-refractivity contribution in [3.05, 3.63) is 140 Å². The Hall–Kier alpha value is -5.41. The maximum atomic E-state index is 4.72. The Balaban J connectivity index is 1.45. The number of rotatable bonds is 4. The summed E-state index contributed by atoms with van der Waals surface area (Å²) in [6.07, 6.45) is 0. The van der Waals surface area contributed by atoms with E-state index in [1.807, 2.05) is 0 Å². The van der Waals surface area contributed by atoms with Crippen molar-refractivity contribution in [3.63, 3.8) is 0 Å². The number of aromatic nitrogens is 2. The zero-order valence-electron chi connectivity index (χ0n) is 21.8. The Bertz CT molecular complexity index is 2160. The second kappa shape index (κ2) is 8.82. The number of fused-ring (bicyclic) bond motifs is 6. The lowest BCUT2D eigenvalue weighted by molar-refractivity contribution is 1.15. The topological polar surface area (TPSA) is 22.2 Å². The van der Waals surface area contributed by atoms with Crippen molar-refractivity contribution in [2.75, 3.05) is 0 Å². The third-order valence-electron chi connectivity index (χ3n) is 8.00. The Morgan fingerprint density at radius 2 is 0.925 bits per heavy atom. The van der Waals surface area contributed by atoms with E-state index in [1.54, 1.807) is 0 Å². The average Bonchev–Trinajstić information content (AvgIpc) is 3.54. The number of hydrogen-bond donors (Lipinski definition) is 0. The molecule has 0 unspecified atom stereocenters. The van der Waals surface area contributed by atoms with E-state index in [-0.39, 0.29) is 0 Å². The highest BCUT2D eigenvalue weighted by molar-refractivity contribution is 6.16. The summed E-state index contributed by atoms with van der Waals surface area (Å²) in [4.78, 5) is 4.72. The van der Waals surface area contributed by atoms with Crippen LogP contribution < -0.4 is 0 Å². The fraction of sp³-hybridized carbons (Fsp3) is 0. The molecule has 188 valence electrons. The fourth-order valence-electron chi connectivity index (χ4n) is 6.25. The Morgan fingerprint density at radius 1 is 0.425 bits per heavy atom. The minimum atomic E-state index is 0.868. The summed E-state index contributed by atoms with van der Waals surface area (Å²) in [6, 6.07) is 49.5. The van der Waals surface area contributed by atoms with Gasteiger partial charge in [-0.1, -0.05) is 97.1 Å². The molecule has 0 bridgehead atoms. The van der Waals surface area contributed by atoms with Crippen molar-refractivity contribution in [2.24, 2.45) is 4.99 Å². The van der Waals surface area contributed by atoms with Gasteiger partial charge in [0.2, 0.25) is 0 Å². The number of para-hydroxylation sites is 3. The molecule has 6 aromatic carbocycles. The van der Waals surface area contributed by atoms with E-state index in [9.17, 15) is 0 Å². The first kappa shape index (κ1) is 22.6. The van der Waals surface area contributed by atoms with Crippen LogP contribution in [0.25, 0.3) is 66.1 Å². The normalized spacial score (nSPS) is 11.6. The minimum Gasteiger partial charge on any atom is -0.307 e. The highest BCUT2D eigenvalue weighted by Crippen LogP contribution is 2.43. The van der Waals surface area contributed by atoms with E-state index in [1.165, 1.54) is 27.3 Å². The highest BCUT2D eigenvalue weighted by atomic mass is 15.0. The lowest BCUT2D eigenvalue weighted by Crippen LogP contribution is -1.98. The molecule has 8 rings (SSSR count). The van der Waals surface area contributed by atoms with Crippen molar-refractivity contribution in [2.45, 2.75) is 0 Å². The smallest absolute Gasteiger partial charge is 0.111 e. The Labute approximate surface area is 231 Å². The molecule has 2 heterocycles. The van der Waals surface area contributed by atoms with Crippen molar-refractivity contribution in [1.82, 2.24) is 9.13 Å². The SMILES string of the molecule is C=Nc1c(-n2c3ccccc3c3ccccc32)ccc2c3ccccc3n(-c3ccc(-c4ccccc4)cc3)c12. The third kappa shape index (κ3) is 3.21. The number of aliphatic imine (C=N–C) groups is 1. The van der Waals surface area contributed by atoms with Crippen molar-refractivity contribution < 1.29 is 0 Å². The van der Waals surface area contributed by atoms with Crippen LogP contribution in [0.2, 0.25) is 0 Å². The molecule has 0 aliphatic carbocycles. The van der Waals surface area contributed by atoms with Gasteiger partial charge in [0.05, 0.1) is 27.8 Å². The van der Waals surface area contributed by atoms with E-state index in [0.717, 1.165) is 44.5 Å². The van der Waals surface area contributed by atoms with Crippen LogP contribution in [0, 0.1) is 0 Å². The van der Waals surface area contributed by atoms with E-state index in [2.05, 4.69) is 155 Å². The summed E-state index contributed by atoms with van der Waals surface area (Å²) in [5.74, 6) is 0. The van der Waals surface area contributed by atoms with Crippen LogP contribution in [0.3, 0.4) is 0 Å². The number of hydrogen-bond acceptors (Lipinski definition) is 1. The number of nitrogens with zero attached hydrogens (tertiary/aromatic N) is 3. The van der Waals surface area contributed by atoms with Crippen LogP contribution >= 0.6 is 0 Å². The van der Waals surface area contributed by atoms with E-state index < -0.39 is 0 Å². The standard InChI is InChI=1S/C37H25N3/c1-38-36-35(40-33-17-9-5-13-28(33)29-14-6-10-18-34(29)40)24-23-31-30-15-7-8-16-32(30)39(37(31)36)27-21-19-26(20-22-27)25-11-3-2-4-12-25/h2-24H,1H2. The lowest BCUT2D eigenvalue weighted by atomic mass is 10.1. The van der Waals surface area contributed by atoms with Gasteiger partial charge in [0.25, 0.3) is 0 Å². The average molecular weight is 512 g/mol. The van der Waals surface area contributed by atoms with Gasteiger partial charge >= 0.3 is 0 Å². The molecule has 8 aromatic rings. The van der Waals surface area contributed by atoms with Crippen LogP contribution in [0.4, 0.5) is 5.69 Å². The molecule has 0 saturated carbocycles. The van der Waals surface area contributed by atoms with Crippen LogP contribution in [-0.2, 0) is 0 Å². The van der Waals surface area contributed by atoms with Gasteiger partial charge in [-0.15, -0.1) is 0 Å². The van der Waals surface area contributed by atoms with Gasteiger partial charge in [-0.2, -0.15) is 0 Å². The molecule has 0 aliphatic heterocycles. The quantitative estimate of drug-likeness (QED) is 0.210. The van der Waals surface area contributed by atoms with Crippen LogP contribution in [0.5, 0.6) is 0 Å². The summed E-state index contributed by atoms with van der Waals surface area (Å²) in [7, 11) is 0. The molecule has 0 aliphatic rings. The number of benzene rings is 6. The molecule has 0 radical (unpaired) electrons. The van der Waals surface area contributed by atoms with E-state index in [0.29, 0.717) is 0 Å². The summed E-state index contributed by atoms with van der Waals surface area (Å²) in [5.41, 5.74) is 9.90. The summed E-state index contributed by atoms with van der Waals surface area (Å²) in [6.45, 7) is 4.09. The molecular weight excluding hydrogens is 486 g/mol. The maximum absolute atomic E-state index is 4.72. The predicted molar refractivity (Wildman–Crippen MR) is 170 cm³/mol. The molecule has 2 aromatic heterocycles. The second-order valence-electron chi connectivity index (χ2n) is 10.1. The molecule has 0 amide bonds. The van der Waals surface area contributed by atoms with Crippen molar-refractivity contribution >= 4 is 56.0 Å². The van der Waals surface area contributed by atoms with Crippen LogP contribution in [0.1, 0.15) is 0 Å². The lowest BCUT2D eigenvalue weighted by Gasteiger charge is -2.15. The summed E-state index contributed by atoms with van der Waals surface area (Å²) >= 11 is 0. The Morgan fingerprint density at radius 3 is 1.52 bits per heavy atom. The van der Waals surface area contributed by atoms with Gasteiger partial charge in [0.1, 0.15) is 5.69 Å². The van der Waals surface area contributed by atoms with Gasteiger partial charge < -0.3 is 9.13 Å². The predicted octanol–water partition coefficient (Wildman–Crippen LogP) is 9.88. The van der Waals surface area contributed by atoms with Gasteiger partial charge in [0.15, 0.2) is 0 Å². The molecule has 3 nitrogen and oxygen atoms in total. The molecule has 40 heavy (non-hydrogen) atoms. The van der Waals surface area contributed by atoms with Crippen LogP contribution in [-0.4, -0.2) is 15.9 Å². The zero-order chi connectivity index (χ0) is 26.6. The monoisotopic (exact) mass is 511 g/mol. The van der Waals surface area contributed by atoms with Gasteiger partial charge in [-0.25, -0.2) is 0 Å². The second-order valence-corrected chi connectivity index (χ2v) is 10.1. The van der Waals surface area contributed by atoms with Crippen molar-refractivity contribution in [3.8, 4) is 22.5 Å². The molecule has 0 N–H and O–H groups in total. The summed E-state index contributed by atoms with van der Waals surface area (Å²) < 4.78 is 4.66. The van der Waals surface area contributed by atoms with E-state index >= 15 is 0 Å². The first-order chi connectivity index (χ1) is 19.8. The minimum absolute atomic E-state index is 0.868.